The van der Waals surface area contributed by atoms with Crippen LogP contribution in [0.5, 0.6) is 0 Å². The molecule has 0 radical (unpaired) electrons. The molecule has 0 aliphatic carbocycles. The molecule has 0 unspecified atom stereocenters. The van der Waals surface area contributed by atoms with E-state index in [1.807, 2.05) is 13.0 Å². The summed E-state index contributed by atoms with van der Waals surface area (Å²) < 4.78 is 9.60. The first-order valence-electron chi connectivity index (χ1n) is 4.93. The van der Waals surface area contributed by atoms with E-state index in [4.69, 9.17) is 16.3 Å². The Balaban J connectivity index is 1.98. The number of esters is 1. The molecule has 4 nitrogen and oxygen atoms in total. The van der Waals surface area contributed by atoms with Crippen molar-refractivity contribution in [3.63, 3.8) is 0 Å². The first kappa shape index (κ1) is 12.5. The number of hydrogen-bond acceptors (Lipinski definition) is 6. The molecular formula is C10H9ClN2O2S2. The largest absolute Gasteiger partial charge is 0.456 e. The van der Waals surface area contributed by atoms with Gasteiger partial charge in [0.25, 0.3) is 0 Å². The Morgan fingerprint density at radius 2 is 2.35 bits per heavy atom. The average molecular weight is 289 g/mol. The third kappa shape index (κ3) is 3.02. The van der Waals surface area contributed by atoms with Gasteiger partial charge in [-0.3, -0.25) is 0 Å². The van der Waals surface area contributed by atoms with Gasteiger partial charge in [-0.15, -0.1) is 16.4 Å². The topological polar surface area (TPSA) is 52.1 Å². The Kier molecular flexibility index (Phi) is 4.09. The Morgan fingerprint density at radius 1 is 1.53 bits per heavy atom. The highest BCUT2D eigenvalue weighted by Crippen LogP contribution is 2.22. The van der Waals surface area contributed by atoms with Gasteiger partial charge in [-0.1, -0.05) is 23.0 Å². The summed E-state index contributed by atoms with van der Waals surface area (Å²) in [6.45, 7) is 2.16. The molecule has 0 atom stereocenters. The van der Waals surface area contributed by atoms with Gasteiger partial charge < -0.3 is 4.74 Å². The lowest BCUT2D eigenvalue weighted by Crippen LogP contribution is -2.05. The molecule has 0 spiro atoms. The minimum atomic E-state index is -0.374. The maximum atomic E-state index is 11.7. The van der Waals surface area contributed by atoms with Crippen LogP contribution in [-0.2, 0) is 17.8 Å². The maximum Gasteiger partial charge on any atom is 0.352 e. The average Bonchev–Trinajstić information content (AvgIpc) is 2.94. The van der Waals surface area contributed by atoms with Crippen LogP contribution in [0, 0.1) is 0 Å². The second-order valence-electron chi connectivity index (χ2n) is 3.18. The molecule has 2 aromatic rings. The van der Waals surface area contributed by atoms with Crippen molar-refractivity contribution in [2.24, 2.45) is 0 Å². The molecule has 0 saturated heterocycles. The number of aromatic nitrogens is 2. The molecule has 0 aliphatic rings. The monoisotopic (exact) mass is 288 g/mol. The predicted molar refractivity (Wildman–Crippen MR) is 67.7 cm³/mol. The van der Waals surface area contributed by atoms with Gasteiger partial charge in [-0.2, -0.15) is 0 Å². The minimum Gasteiger partial charge on any atom is -0.456 e. The molecule has 2 rings (SSSR count). The van der Waals surface area contributed by atoms with E-state index in [-0.39, 0.29) is 12.6 Å². The lowest BCUT2D eigenvalue weighted by molar-refractivity contribution is 0.0481. The van der Waals surface area contributed by atoms with E-state index in [0.717, 1.165) is 16.4 Å². The Hall–Kier alpha value is -0.980. The highest BCUT2D eigenvalue weighted by atomic mass is 35.5. The number of carbonyl (C=O) groups is 1. The summed E-state index contributed by atoms with van der Waals surface area (Å²) in [4.78, 5) is 13.1. The van der Waals surface area contributed by atoms with Gasteiger partial charge in [0.2, 0.25) is 0 Å². The normalized spacial score (nSPS) is 10.5. The maximum absolute atomic E-state index is 11.7. The standard InChI is InChI=1S/C10H9ClN2O2S2/c1-2-7-9(17-13-12-7)10(14)15-5-6-3-4-8(11)16-6/h3-4H,2,5H2,1H3. The summed E-state index contributed by atoms with van der Waals surface area (Å²) in [7, 11) is 0. The van der Waals surface area contributed by atoms with Crippen LogP contribution in [0.1, 0.15) is 27.2 Å². The molecule has 17 heavy (non-hydrogen) atoms. The molecule has 2 heterocycles. The molecule has 0 saturated carbocycles. The van der Waals surface area contributed by atoms with Crippen LogP contribution >= 0.6 is 34.5 Å². The number of thiophene rings is 1. The fourth-order valence-corrected chi connectivity index (χ4v) is 2.87. The minimum absolute atomic E-state index is 0.233. The third-order valence-electron chi connectivity index (χ3n) is 2.05. The Morgan fingerprint density at radius 3 is 3.00 bits per heavy atom. The van der Waals surface area contributed by atoms with Crippen LogP contribution in [0.4, 0.5) is 0 Å². The van der Waals surface area contributed by atoms with Crippen LogP contribution in [0.2, 0.25) is 4.34 Å². The third-order valence-corrected chi connectivity index (χ3v) is 4.00. The summed E-state index contributed by atoms with van der Waals surface area (Å²) >= 11 is 8.24. The lowest BCUT2D eigenvalue weighted by Gasteiger charge is -2.01. The SMILES string of the molecule is CCc1nnsc1C(=O)OCc1ccc(Cl)s1. The molecule has 0 aromatic carbocycles. The van der Waals surface area contributed by atoms with Gasteiger partial charge in [0.05, 0.1) is 10.0 Å². The number of nitrogens with zero attached hydrogens (tertiary/aromatic N) is 2. The van der Waals surface area contributed by atoms with Crippen molar-refractivity contribution in [1.29, 1.82) is 0 Å². The highest BCUT2D eigenvalue weighted by Gasteiger charge is 2.16. The van der Waals surface area contributed by atoms with Gasteiger partial charge in [0.15, 0.2) is 4.88 Å². The number of ether oxygens (including phenoxy) is 1. The smallest absolute Gasteiger partial charge is 0.352 e. The Labute approximate surface area is 111 Å². The first-order chi connectivity index (χ1) is 8.20. The summed E-state index contributed by atoms with van der Waals surface area (Å²) in [6, 6.07) is 3.62. The van der Waals surface area contributed by atoms with Crippen LogP contribution < -0.4 is 0 Å². The fraction of sp³-hybridized carbons (Fsp3) is 0.300. The van der Waals surface area contributed by atoms with E-state index >= 15 is 0 Å². The molecule has 7 heteroatoms. The van der Waals surface area contributed by atoms with Crippen LogP contribution in [0.3, 0.4) is 0 Å². The van der Waals surface area contributed by atoms with Gasteiger partial charge in [-0.25, -0.2) is 4.79 Å². The van der Waals surface area contributed by atoms with Crippen LogP contribution in [0.25, 0.3) is 0 Å². The van der Waals surface area contributed by atoms with E-state index in [2.05, 4.69) is 9.59 Å². The summed E-state index contributed by atoms with van der Waals surface area (Å²) in [5.41, 5.74) is 0.684. The van der Waals surface area contributed by atoms with Crippen LogP contribution in [-0.4, -0.2) is 15.6 Å². The van der Waals surface area contributed by atoms with Gasteiger partial charge in [-0.05, 0) is 30.1 Å². The fourth-order valence-electron chi connectivity index (χ4n) is 1.23. The number of aryl methyl sites for hydroxylation is 1. The van der Waals surface area contributed by atoms with E-state index in [9.17, 15) is 4.79 Å². The molecule has 90 valence electrons. The van der Waals surface area contributed by atoms with Crippen LogP contribution in [0.15, 0.2) is 12.1 Å². The summed E-state index contributed by atoms with van der Waals surface area (Å²) in [6.07, 6.45) is 0.672. The van der Waals surface area contributed by atoms with Crippen molar-refractivity contribution in [1.82, 2.24) is 9.59 Å². The van der Waals surface area contributed by atoms with E-state index in [1.165, 1.54) is 11.3 Å². The molecule has 2 aromatic heterocycles. The quantitative estimate of drug-likeness (QED) is 0.811. The van der Waals surface area contributed by atoms with E-state index < -0.39 is 0 Å². The van der Waals surface area contributed by atoms with Crippen molar-refractivity contribution in [3.05, 3.63) is 31.9 Å². The zero-order valence-electron chi connectivity index (χ0n) is 8.97. The van der Waals surface area contributed by atoms with Gasteiger partial charge in [0.1, 0.15) is 6.61 Å². The van der Waals surface area contributed by atoms with Crippen molar-refractivity contribution < 1.29 is 9.53 Å². The zero-order chi connectivity index (χ0) is 12.3. The predicted octanol–water partition coefficient (Wildman–Crippen LogP) is 3.17. The molecule has 0 bridgehead atoms. The number of carbonyl (C=O) groups excluding carboxylic acids is 1. The van der Waals surface area contributed by atoms with E-state index in [0.29, 0.717) is 21.3 Å². The number of halogens is 1. The van der Waals surface area contributed by atoms with Crippen molar-refractivity contribution in [2.45, 2.75) is 20.0 Å². The van der Waals surface area contributed by atoms with Crippen molar-refractivity contribution in [3.8, 4) is 0 Å². The second-order valence-corrected chi connectivity index (χ2v) is 5.74. The molecular weight excluding hydrogens is 280 g/mol. The molecule has 0 amide bonds. The zero-order valence-corrected chi connectivity index (χ0v) is 11.4. The van der Waals surface area contributed by atoms with Gasteiger partial charge >= 0.3 is 5.97 Å². The number of rotatable bonds is 4. The molecule has 0 fully saturated rings. The van der Waals surface area contributed by atoms with E-state index in [1.54, 1.807) is 6.07 Å². The second kappa shape index (κ2) is 5.57. The lowest BCUT2D eigenvalue weighted by atomic mass is 10.3. The molecule has 0 aliphatic heterocycles. The first-order valence-corrected chi connectivity index (χ1v) is 6.90. The summed E-state index contributed by atoms with van der Waals surface area (Å²) in [5, 5.41) is 3.86. The highest BCUT2D eigenvalue weighted by molar-refractivity contribution is 7.16. The molecule has 0 N–H and O–H groups in total. The van der Waals surface area contributed by atoms with Gasteiger partial charge in [0, 0.05) is 4.88 Å². The Bertz CT molecular complexity index is 524. The van der Waals surface area contributed by atoms with Crippen molar-refractivity contribution >= 4 is 40.4 Å². The number of hydrogen-bond donors (Lipinski definition) is 0. The van der Waals surface area contributed by atoms with Crippen molar-refractivity contribution in [2.75, 3.05) is 0 Å². The summed E-state index contributed by atoms with van der Waals surface area (Å²) in [5.74, 6) is -0.374.